The summed E-state index contributed by atoms with van der Waals surface area (Å²) in [5.74, 6) is -1.14. The van der Waals surface area contributed by atoms with Crippen LogP contribution in [-0.2, 0) is 28.5 Å². The largest absolute Gasteiger partial charge is 0.459 e. The Morgan fingerprint density at radius 3 is 2.31 bits per heavy atom. The molecule has 3 aliphatic rings. The van der Waals surface area contributed by atoms with E-state index in [1.165, 1.54) is 13.8 Å². The van der Waals surface area contributed by atoms with E-state index in [1.54, 1.807) is 0 Å². The van der Waals surface area contributed by atoms with Crippen molar-refractivity contribution in [2.45, 2.75) is 90.0 Å². The van der Waals surface area contributed by atoms with E-state index in [0.29, 0.717) is 19.4 Å². The molecule has 1 N–H and O–H groups in total. The second-order valence-corrected chi connectivity index (χ2v) is 11.0. The predicted molar refractivity (Wildman–Crippen MR) is 130 cm³/mol. The predicted octanol–water partition coefficient (Wildman–Crippen LogP) is 3.92. The third-order valence-electron chi connectivity index (χ3n) is 8.45. The van der Waals surface area contributed by atoms with Crippen LogP contribution in [0.5, 0.6) is 0 Å². The number of hydrogen-bond acceptors (Lipinski definition) is 7. The number of benzene rings is 1. The molecular weight excluding hydrogens is 448 g/mol. The summed E-state index contributed by atoms with van der Waals surface area (Å²) >= 11 is 0. The lowest BCUT2D eigenvalue weighted by Gasteiger charge is -2.63. The molecule has 35 heavy (non-hydrogen) atoms. The smallest absolute Gasteiger partial charge is 0.303 e. The molecular formula is C28H38O7. The highest BCUT2D eigenvalue weighted by molar-refractivity contribution is 5.67. The summed E-state index contributed by atoms with van der Waals surface area (Å²) in [6.45, 7) is 11.1. The van der Waals surface area contributed by atoms with Gasteiger partial charge in [-0.3, -0.25) is 9.59 Å². The first kappa shape index (κ1) is 25.9. The molecule has 1 aromatic carbocycles. The van der Waals surface area contributed by atoms with Gasteiger partial charge < -0.3 is 24.1 Å². The average molecular weight is 487 g/mol. The van der Waals surface area contributed by atoms with E-state index < -0.39 is 47.0 Å². The Morgan fingerprint density at radius 1 is 1.06 bits per heavy atom. The standard InChI is InChI=1S/C28H38O7/c1-17-15-22(31)25(34-19(3)30)27(6)23(32-14-10-13-20-11-8-7-9-12-20)16-21-24(33-18(2)29)28(17,27)35-26(21,4)5/h7-13,17,21-25,31H,14-16H2,1-6H3/b13-10+/t17-,21-,22+,23+,24-,25+,27-,28-/m1/s1. The Morgan fingerprint density at radius 2 is 1.69 bits per heavy atom. The van der Waals surface area contributed by atoms with E-state index in [4.69, 9.17) is 18.9 Å². The minimum absolute atomic E-state index is 0.113. The number of fused-ring (bicyclic) bond motifs is 1. The van der Waals surface area contributed by atoms with E-state index >= 15 is 0 Å². The molecule has 2 saturated carbocycles. The minimum atomic E-state index is -0.988. The zero-order chi connectivity index (χ0) is 25.6. The van der Waals surface area contributed by atoms with Gasteiger partial charge in [0.25, 0.3) is 0 Å². The molecule has 7 nitrogen and oxygen atoms in total. The molecule has 1 spiro atoms. The molecule has 1 aromatic rings. The van der Waals surface area contributed by atoms with Crippen molar-refractivity contribution in [3.05, 3.63) is 42.0 Å². The van der Waals surface area contributed by atoms with E-state index in [1.807, 2.05) is 70.2 Å². The number of rotatable bonds is 6. The van der Waals surface area contributed by atoms with Crippen LogP contribution >= 0.6 is 0 Å². The fourth-order valence-electron chi connectivity index (χ4n) is 7.05. The van der Waals surface area contributed by atoms with Crippen molar-refractivity contribution in [3.8, 4) is 0 Å². The maximum absolute atomic E-state index is 12.2. The Bertz CT molecular complexity index is 973. The molecule has 7 heteroatoms. The van der Waals surface area contributed by atoms with Gasteiger partial charge in [-0.2, -0.15) is 0 Å². The molecule has 8 atom stereocenters. The molecule has 0 aromatic heterocycles. The third kappa shape index (κ3) is 4.21. The zero-order valence-electron chi connectivity index (χ0n) is 21.5. The highest BCUT2D eigenvalue weighted by Gasteiger charge is 2.79. The lowest BCUT2D eigenvalue weighted by molar-refractivity contribution is -0.308. The van der Waals surface area contributed by atoms with Crippen LogP contribution in [-0.4, -0.2) is 59.3 Å². The molecule has 2 aliphatic carbocycles. The molecule has 192 valence electrons. The number of esters is 2. The third-order valence-corrected chi connectivity index (χ3v) is 8.45. The number of hydrogen-bond donors (Lipinski definition) is 1. The Hall–Kier alpha value is -2.22. The quantitative estimate of drug-likeness (QED) is 0.610. The maximum Gasteiger partial charge on any atom is 0.303 e. The first-order chi connectivity index (χ1) is 16.4. The fourth-order valence-corrected chi connectivity index (χ4v) is 7.05. The monoisotopic (exact) mass is 486 g/mol. The fraction of sp³-hybridized carbons (Fsp3) is 0.643. The van der Waals surface area contributed by atoms with E-state index in [9.17, 15) is 14.7 Å². The highest BCUT2D eigenvalue weighted by atomic mass is 16.6. The number of aliphatic hydroxyl groups excluding tert-OH is 1. The second-order valence-electron chi connectivity index (χ2n) is 11.0. The number of ether oxygens (including phenoxy) is 4. The summed E-state index contributed by atoms with van der Waals surface area (Å²) in [4.78, 5) is 24.4. The van der Waals surface area contributed by atoms with Crippen LogP contribution in [0.3, 0.4) is 0 Å². The summed E-state index contributed by atoms with van der Waals surface area (Å²) in [6, 6.07) is 9.96. The van der Waals surface area contributed by atoms with Gasteiger partial charge in [-0.1, -0.05) is 56.3 Å². The van der Waals surface area contributed by atoms with Crippen molar-refractivity contribution in [2.75, 3.05) is 6.61 Å². The molecule has 4 rings (SSSR count). The van der Waals surface area contributed by atoms with Crippen LogP contribution in [0.15, 0.2) is 36.4 Å². The van der Waals surface area contributed by atoms with Crippen LogP contribution < -0.4 is 0 Å². The van der Waals surface area contributed by atoms with Crippen LogP contribution in [0.1, 0.15) is 59.9 Å². The van der Waals surface area contributed by atoms with Crippen molar-refractivity contribution >= 4 is 18.0 Å². The molecule has 1 heterocycles. The lowest BCUT2D eigenvalue weighted by atomic mass is 9.48. The van der Waals surface area contributed by atoms with Gasteiger partial charge >= 0.3 is 11.9 Å². The van der Waals surface area contributed by atoms with Crippen LogP contribution in [0, 0.1) is 17.3 Å². The summed E-state index contributed by atoms with van der Waals surface area (Å²) in [5, 5.41) is 11.1. The van der Waals surface area contributed by atoms with Gasteiger partial charge in [-0.25, -0.2) is 0 Å². The maximum atomic E-state index is 12.2. The van der Waals surface area contributed by atoms with E-state index in [0.717, 1.165) is 5.56 Å². The SMILES string of the molecule is CC(=O)O[C@@H]1[C@H]2C[C@H](OC/C=C/c3ccccc3)[C@]3(C)[C@@H](OC(C)=O)[C@@H](O)C[C@@H](C)[C@@]13OC2(C)C. The number of carbonyl (C=O) groups is 2. The molecule has 3 fully saturated rings. The van der Waals surface area contributed by atoms with Gasteiger partial charge in [0.05, 0.1) is 29.8 Å². The summed E-state index contributed by atoms with van der Waals surface area (Å²) in [7, 11) is 0. The molecule has 1 saturated heterocycles. The van der Waals surface area contributed by atoms with Crippen LogP contribution in [0.25, 0.3) is 6.08 Å². The van der Waals surface area contributed by atoms with Crippen molar-refractivity contribution in [2.24, 2.45) is 17.3 Å². The molecule has 0 unspecified atom stereocenters. The van der Waals surface area contributed by atoms with Crippen molar-refractivity contribution < 1.29 is 33.6 Å². The Labute approximate surface area is 207 Å². The number of aliphatic hydroxyl groups is 1. The first-order valence-electron chi connectivity index (χ1n) is 12.5. The van der Waals surface area contributed by atoms with Gasteiger partial charge in [0.1, 0.15) is 17.8 Å². The summed E-state index contributed by atoms with van der Waals surface area (Å²) in [6.07, 6.45) is 2.16. The highest BCUT2D eigenvalue weighted by Crippen LogP contribution is 2.67. The molecule has 2 bridgehead atoms. The average Bonchev–Trinajstić information content (AvgIpc) is 2.95. The molecule has 0 amide bonds. The topological polar surface area (TPSA) is 91.3 Å². The van der Waals surface area contributed by atoms with Crippen molar-refractivity contribution in [3.63, 3.8) is 0 Å². The van der Waals surface area contributed by atoms with Crippen molar-refractivity contribution in [1.29, 1.82) is 0 Å². The van der Waals surface area contributed by atoms with Gasteiger partial charge in [0, 0.05) is 19.8 Å². The lowest BCUT2D eigenvalue weighted by Crippen LogP contribution is -2.75. The van der Waals surface area contributed by atoms with Gasteiger partial charge in [0.15, 0.2) is 0 Å². The van der Waals surface area contributed by atoms with E-state index in [-0.39, 0.29) is 17.8 Å². The van der Waals surface area contributed by atoms with Gasteiger partial charge in [0.2, 0.25) is 0 Å². The van der Waals surface area contributed by atoms with Crippen molar-refractivity contribution in [1.82, 2.24) is 0 Å². The number of carbonyl (C=O) groups excluding carboxylic acids is 2. The van der Waals surface area contributed by atoms with E-state index in [2.05, 4.69) is 0 Å². The Balaban J connectivity index is 1.75. The van der Waals surface area contributed by atoms with Crippen LogP contribution in [0.4, 0.5) is 0 Å². The Kier molecular flexibility index (Phi) is 6.90. The minimum Gasteiger partial charge on any atom is -0.459 e. The van der Waals surface area contributed by atoms with Gasteiger partial charge in [-0.15, -0.1) is 0 Å². The second kappa shape index (κ2) is 9.34. The molecule has 1 aliphatic heterocycles. The summed E-state index contributed by atoms with van der Waals surface area (Å²) < 4.78 is 25.1. The summed E-state index contributed by atoms with van der Waals surface area (Å²) in [5.41, 5.74) is -1.48. The zero-order valence-corrected chi connectivity index (χ0v) is 21.5. The van der Waals surface area contributed by atoms with Crippen LogP contribution in [0.2, 0.25) is 0 Å². The van der Waals surface area contributed by atoms with Gasteiger partial charge in [-0.05, 0) is 38.2 Å². The molecule has 0 radical (unpaired) electrons. The normalized spacial score (nSPS) is 39.7. The first-order valence-corrected chi connectivity index (χ1v) is 12.5.